The molecular weight excluding hydrogens is 799 g/mol. The van der Waals surface area contributed by atoms with Gasteiger partial charge in [0.15, 0.2) is 23.1 Å². The van der Waals surface area contributed by atoms with Crippen LogP contribution in [0.1, 0.15) is 36.3 Å². The number of aromatic amines is 1. The van der Waals surface area contributed by atoms with E-state index in [1.807, 2.05) is 42.3 Å². The highest BCUT2D eigenvalue weighted by Gasteiger charge is 2.33. The maximum absolute atomic E-state index is 15.2. The summed E-state index contributed by atoms with van der Waals surface area (Å²) < 4.78 is 46.5. The number of benzene rings is 2. The van der Waals surface area contributed by atoms with Crippen LogP contribution in [0.5, 0.6) is 11.5 Å². The highest BCUT2D eigenvalue weighted by Crippen LogP contribution is 2.43. The van der Waals surface area contributed by atoms with Crippen LogP contribution in [-0.4, -0.2) is 138 Å². The lowest BCUT2D eigenvalue weighted by atomic mass is 10.1. The van der Waals surface area contributed by atoms with E-state index in [-0.39, 0.29) is 40.7 Å². The molecule has 2 saturated heterocycles. The Balaban J connectivity index is 0.000000164. The van der Waals surface area contributed by atoms with Crippen molar-refractivity contribution in [1.82, 2.24) is 39.1 Å². The zero-order valence-corrected chi connectivity index (χ0v) is 36.2. The van der Waals surface area contributed by atoms with Gasteiger partial charge in [0.05, 0.1) is 33.9 Å². The number of ether oxygens (including phenoxy) is 2. The van der Waals surface area contributed by atoms with Gasteiger partial charge in [0.1, 0.15) is 35.8 Å². The lowest BCUT2D eigenvalue weighted by molar-refractivity contribution is 0.0694. The predicted octanol–water partition coefficient (Wildman–Crippen LogP) is 3.61. The summed E-state index contributed by atoms with van der Waals surface area (Å²) in [4.78, 5) is 57.3. The van der Waals surface area contributed by atoms with Gasteiger partial charge in [-0.05, 0) is 50.5 Å². The normalized spacial score (nSPS) is 19.2. The number of aromatic carboxylic acids is 1. The number of halogens is 2. The van der Waals surface area contributed by atoms with Crippen molar-refractivity contribution < 1.29 is 28.2 Å². The number of pyridine rings is 2. The smallest absolute Gasteiger partial charge is 0.366 e. The zero-order valence-electron chi connectivity index (χ0n) is 35.2. The number of hydrogen-bond acceptors (Lipinski definition) is 12. The fourth-order valence-electron chi connectivity index (χ4n) is 7.72. The lowest BCUT2D eigenvalue weighted by Gasteiger charge is -2.37. The fourth-order valence-corrected chi connectivity index (χ4v) is 7.72. The van der Waals surface area contributed by atoms with Crippen molar-refractivity contribution in [2.24, 2.45) is 0 Å². The van der Waals surface area contributed by atoms with E-state index in [0.29, 0.717) is 66.7 Å². The molecule has 60 heavy (non-hydrogen) atoms. The van der Waals surface area contributed by atoms with Crippen LogP contribution in [0.3, 0.4) is 0 Å². The fraction of sp³-hybridized carbons (Fsp3) is 0.500. The number of nitrogens with zero attached hydrogens (tertiary/aromatic N) is 9. The first-order chi connectivity index (χ1) is 28.3. The molecule has 3 aromatic heterocycles. The van der Waals surface area contributed by atoms with Crippen LogP contribution in [0, 0.1) is 11.6 Å². The van der Waals surface area contributed by atoms with E-state index in [1.165, 1.54) is 12.3 Å². The number of hydrogen-bond donors (Lipinski definition) is 2. The monoisotopic (exact) mass is 850 g/mol. The molecule has 0 radical (unpaired) electrons. The maximum Gasteiger partial charge on any atom is 0.366 e. The first-order valence-corrected chi connectivity index (χ1v) is 24.0. The first kappa shape index (κ1) is 42.5. The van der Waals surface area contributed by atoms with Crippen molar-refractivity contribution in [3.63, 3.8) is 0 Å². The van der Waals surface area contributed by atoms with Gasteiger partial charge in [-0.2, -0.15) is 4.68 Å². The van der Waals surface area contributed by atoms with Gasteiger partial charge in [0, 0.05) is 72.8 Å². The van der Waals surface area contributed by atoms with Gasteiger partial charge in [-0.3, -0.25) is 9.59 Å². The molecule has 4 aliphatic rings. The molecule has 20 heteroatoms. The highest BCUT2D eigenvalue weighted by molar-refractivity contribution is 6.74. The Labute approximate surface area is 345 Å². The largest absolute Gasteiger partial charge is 0.487 e. The summed E-state index contributed by atoms with van der Waals surface area (Å²) in [6.07, 6.45) is 2.91. The van der Waals surface area contributed by atoms with Crippen molar-refractivity contribution in [3.05, 3.63) is 72.7 Å². The summed E-state index contributed by atoms with van der Waals surface area (Å²) in [5, 5.41) is 18.8. The molecule has 7 heterocycles. The second-order valence-corrected chi connectivity index (χ2v) is 23.5. The van der Waals surface area contributed by atoms with Crippen molar-refractivity contribution in [2.75, 3.05) is 89.5 Å². The molecule has 17 nitrogen and oxygen atoms in total. The predicted molar refractivity (Wildman–Crippen MR) is 228 cm³/mol. The third-order valence-electron chi connectivity index (χ3n) is 10.8. The summed E-state index contributed by atoms with van der Waals surface area (Å²) >= 11 is 0. The molecule has 0 saturated carbocycles. The number of anilines is 2. The Hall–Kier alpha value is -5.60. The average Bonchev–Trinajstić information content (AvgIpc) is 3.61. The molecule has 0 amide bonds. The number of rotatable bonds is 4. The van der Waals surface area contributed by atoms with Crippen molar-refractivity contribution in [3.8, 4) is 17.2 Å². The number of carbonyl (C=O) groups is 1. The molecule has 0 spiro atoms. The minimum Gasteiger partial charge on any atom is -0.487 e. The number of carboxylic acid groups (broad SMARTS) is 1. The van der Waals surface area contributed by atoms with Crippen LogP contribution in [-0.2, 0) is 0 Å². The lowest BCUT2D eigenvalue weighted by Crippen LogP contribution is -2.45. The topological polar surface area (TPSA) is 176 Å². The standard InChI is InChI=1S/C18H20FN7O3.C18H20FN3O4.C4H12Si/c1-10-9-29-17-14-11(7-12(19)15(17)24-5-3-23(2)4-6-24)16(27)13(8-25(10)14)26-18(28)20-21-22-26;1-10-9-26-17-14-11(16(23)12(18(24)25)8-22(10)14)7-13(19)15(17)21-5-3-20(2)4-6-21;1-5(2,3)4/h7-8,10H,3-6,9H2,1-2H3,(H,20,22,28);7-8,10H,3-6,9H2,1-2H3,(H,24,25);1-4H3/t2*10-;/m00./s1. The number of nitrogens with one attached hydrogen (secondary N) is 1. The van der Waals surface area contributed by atoms with E-state index in [0.717, 1.165) is 36.9 Å². The van der Waals surface area contributed by atoms with E-state index in [1.54, 1.807) is 10.8 Å². The van der Waals surface area contributed by atoms with Crippen LogP contribution in [0.4, 0.5) is 20.2 Å². The molecule has 2 N–H and O–H groups in total. The molecule has 0 aliphatic carbocycles. The van der Waals surface area contributed by atoms with Gasteiger partial charge >= 0.3 is 11.7 Å². The molecule has 4 aliphatic heterocycles. The minimum absolute atomic E-state index is 0.0164. The SMILES string of the molecule is C[C@H]1COc2c(N3CCN(C)CC3)c(F)cc3c(=O)c(-n4nn[nH]c4=O)cn1c23.C[C@H]1COc2c(N3CCN(C)CC3)c(F)cc3c(=O)c(C(=O)O)cn1c23.C[Si](C)(C)C. The number of piperazine rings is 2. The molecule has 0 bridgehead atoms. The number of H-pyrrole nitrogens is 1. The Bertz CT molecular complexity index is 2630. The quantitative estimate of drug-likeness (QED) is 0.251. The molecule has 2 fully saturated rings. The van der Waals surface area contributed by atoms with Crippen LogP contribution in [0.2, 0.25) is 26.2 Å². The summed E-state index contributed by atoms with van der Waals surface area (Å²) in [6.45, 7) is 19.6. The Morgan fingerprint density at radius 1 is 0.750 bits per heavy atom. The molecule has 0 unspecified atom stereocenters. The molecule has 2 aromatic carbocycles. The maximum atomic E-state index is 15.2. The van der Waals surface area contributed by atoms with Gasteiger partial charge in [-0.1, -0.05) is 26.2 Å². The second-order valence-electron chi connectivity index (χ2n) is 17.5. The minimum atomic E-state index is -1.32. The third-order valence-corrected chi connectivity index (χ3v) is 10.8. The Morgan fingerprint density at radius 2 is 1.18 bits per heavy atom. The molecule has 5 aromatic rings. The van der Waals surface area contributed by atoms with Gasteiger partial charge in [-0.15, -0.1) is 0 Å². The first-order valence-electron chi connectivity index (χ1n) is 20.0. The molecule has 9 rings (SSSR count). The van der Waals surface area contributed by atoms with Crippen molar-refractivity contribution in [1.29, 1.82) is 0 Å². The van der Waals surface area contributed by atoms with E-state index >= 15 is 4.39 Å². The summed E-state index contributed by atoms with van der Waals surface area (Å²) in [7, 11) is 3.43. The highest BCUT2D eigenvalue weighted by atomic mass is 28.3. The van der Waals surface area contributed by atoms with Crippen molar-refractivity contribution in [2.45, 2.75) is 52.1 Å². The second kappa shape index (κ2) is 16.5. The number of tetrazole rings is 1. The number of carboxylic acids is 1. The number of likely N-dealkylation sites (N-methyl/N-ethyl adjacent to an activating group) is 2. The Morgan fingerprint density at radius 3 is 1.60 bits per heavy atom. The Kier molecular flexibility index (Phi) is 11.7. The van der Waals surface area contributed by atoms with Gasteiger partial charge in [0.2, 0.25) is 10.9 Å². The molecule has 2 atom stereocenters. The third kappa shape index (κ3) is 8.14. The van der Waals surface area contributed by atoms with Crippen molar-refractivity contribution >= 4 is 47.2 Å². The van der Waals surface area contributed by atoms with E-state index < -0.39 is 42.2 Å². The van der Waals surface area contributed by atoms with Crippen LogP contribution < -0.4 is 35.8 Å². The zero-order chi connectivity index (χ0) is 43.4. The van der Waals surface area contributed by atoms with Crippen LogP contribution in [0.15, 0.2) is 38.9 Å². The summed E-state index contributed by atoms with van der Waals surface area (Å²) in [5.74, 6) is -1.68. The summed E-state index contributed by atoms with van der Waals surface area (Å²) in [5.41, 5.74) is -0.430. The van der Waals surface area contributed by atoms with E-state index in [4.69, 9.17) is 9.47 Å². The van der Waals surface area contributed by atoms with Gasteiger partial charge in [0.25, 0.3) is 0 Å². The average molecular weight is 851 g/mol. The van der Waals surface area contributed by atoms with Gasteiger partial charge < -0.3 is 43.3 Å². The molecular formula is C40H52F2N10O7Si. The van der Waals surface area contributed by atoms with Gasteiger partial charge in [-0.25, -0.2) is 23.5 Å². The van der Waals surface area contributed by atoms with Crippen LogP contribution >= 0.6 is 0 Å². The summed E-state index contributed by atoms with van der Waals surface area (Å²) in [6, 6.07) is 2.12. The number of aromatic nitrogens is 6. The van der Waals surface area contributed by atoms with Crippen LogP contribution in [0.25, 0.3) is 27.5 Å². The van der Waals surface area contributed by atoms with E-state index in [2.05, 4.69) is 51.5 Å². The van der Waals surface area contributed by atoms with E-state index in [9.17, 15) is 28.7 Å². The molecule has 322 valence electrons.